The zero-order valence-corrected chi connectivity index (χ0v) is 20.1. The highest BCUT2D eigenvalue weighted by molar-refractivity contribution is 8.26. The van der Waals surface area contributed by atoms with E-state index in [-0.39, 0.29) is 5.91 Å². The van der Waals surface area contributed by atoms with Gasteiger partial charge in [0.15, 0.2) is 11.5 Å². The van der Waals surface area contributed by atoms with E-state index >= 15 is 0 Å². The van der Waals surface area contributed by atoms with Gasteiger partial charge in [0.2, 0.25) is 0 Å². The van der Waals surface area contributed by atoms with Gasteiger partial charge < -0.3 is 19.5 Å². The molecule has 3 aromatic carbocycles. The van der Waals surface area contributed by atoms with E-state index in [1.54, 1.807) is 31.4 Å². The topological polar surface area (TPSA) is 56.8 Å². The van der Waals surface area contributed by atoms with E-state index in [4.69, 9.17) is 38.0 Å². The number of ether oxygens (including phenoxy) is 3. The van der Waals surface area contributed by atoms with Gasteiger partial charge in [0.25, 0.3) is 5.91 Å². The molecule has 1 N–H and O–H groups in total. The molecule has 0 aromatic heterocycles. The molecule has 1 aliphatic rings. The minimum absolute atomic E-state index is 0.230. The number of methoxy groups -OCH3 is 1. The van der Waals surface area contributed by atoms with Crippen molar-refractivity contribution in [3.63, 3.8) is 0 Å². The zero-order valence-electron chi connectivity index (χ0n) is 17.7. The molecule has 0 bridgehead atoms. The standard InChI is InChI=1S/C25H20ClNO4S2/c1-29-22-11-17(7-9-21(22)31-14-16-5-3-2-4-6-16)15-30-20-10-8-19(26)12-18(20)13-23-24(28)27-25(32)33-23/h2-13H,14-15H2,1H3,(H,27,28,32). The predicted molar refractivity (Wildman–Crippen MR) is 136 cm³/mol. The third-order valence-corrected chi connectivity index (χ3v) is 6.16. The van der Waals surface area contributed by atoms with Gasteiger partial charge in [0.05, 0.1) is 12.0 Å². The number of rotatable bonds is 8. The van der Waals surface area contributed by atoms with Crippen molar-refractivity contribution < 1.29 is 19.0 Å². The van der Waals surface area contributed by atoms with E-state index < -0.39 is 0 Å². The number of thioether (sulfide) groups is 1. The third-order valence-electron chi connectivity index (χ3n) is 4.76. The molecule has 0 aliphatic carbocycles. The van der Waals surface area contributed by atoms with E-state index in [1.807, 2.05) is 48.5 Å². The molecule has 0 spiro atoms. The van der Waals surface area contributed by atoms with Crippen LogP contribution in [-0.4, -0.2) is 17.3 Å². The third kappa shape index (κ3) is 6.07. The van der Waals surface area contributed by atoms with E-state index in [2.05, 4.69) is 5.32 Å². The first-order valence-electron chi connectivity index (χ1n) is 10.0. The Balaban J connectivity index is 1.47. The highest BCUT2D eigenvalue weighted by atomic mass is 35.5. The molecule has 168 valence electrons. The Morgan fingerprint density at radius 1 is 0.939 bits per heavy atom. The molecule has 0 radical (unpaired) electrons. The Morgan fingerprint density at radius 2 is 1.67 bits per heavy atom. The van der Waals surface area contributed by atoms with Gasteiger partial charge in [0, 0.05) is 10.6 Å². The molecule has 1 aliphatic heterocycles. The van der Waals surface area contributed by atoms with E-state index in [0.29, 0.717) is 50.3 Å². The molecule has 8 heteroatoms. The fourth-order valence-electron chi connectivity index (χ4n) is 3.14. The largest absolute Gasteiger partial charge is 0.493 e. The smallest absolute Gasteiger partial charge is 0.263 e. The number of thiocarbonyl (C=S) groups is 1. The second-order valence-electron chi connectivity index (χ2n) is 7.08. The Morgan fingerprint density at radius 3 is 2.39 bits per heavy atom. The minimum Gasteiger partial charge on any atom is -0.493 e. The van der Waals surface area contributed by atoms with Crippen LogP contribution >= 0.6 is 35.6 Å². The van der Waals surface area contributed by atoms with Crippen LogP contribution in [0.4, 0.5) is 0 Å². The number of carbonyl (C=O) groups excluding carboxylic acids is 1. The Labute approximate surface area is 206 Å². The van der Waals surface area contributed by atoms with Gasteiger partial charge in [-0.1, -0.05) is 72.0 Å². The van der Waals surface area contributed by atoms with Gasteiger partial charge in [-0.15, -0.1) is 0 Å². The van der Waals surface area contributed by atoms with Crippen LogP contribution in [0.3, 0.4) is 0 Å². The average molecular weight is 498 g/mol. The monoisotopic (exact) mass is 497 g/mol. The Hall–Kier alpha value is -3.00. The molecule has 0 atom stereocenters. The summed E-state index contributed by atoms with van der Waals surface area (Å²) < 4.78 is 17.9. The van der Waals surface area contributed by atoms with Gasteiger partial charge in [-0.05, 0) is 47.5 Å². The fraction of sp³-hybridized carbons (Fsp3) is 0.120. The van der Waals surface area contributed by atoms with E-state index in [1.165, 1.54) is 11.8 Å². The second-order valence-corrected chi connectivity index (χ2v) is 9.24. The van der Waals surface area contributed by atoms with Gasteiger partial charge >= 0.3 is 0 Å². The van der Waals surface area contributed by atoms with Crippen LogP contribution in [0.2, 0.25) is 5.02 Å². The van der Waals surface area contributed by atoms with Crippen molar-refractivity contribution in [3.8, 4) is 17.2 Å². The van der Waals surface area contributed by atoms with Crippen LogP contribution in [0.1, 0.15) is 16.7 Å². The van der Waals surface area contributed by atoms with Gasteiger partial charge in [-0.25, -0.2) is 0 Å². The van der Waals surface area contributed by atoms with Gasteiger partial charge in [-0.2, -0.15) is 0 Å². The molecule has 1 heterocycles. The molecule has 33 heavy (non-hydrogen) atoms. The first kappa shape index (κ1) is 23.2. The van der Waals surface area contributed by atoms with Crippen LogP contribution < -0.4 is 19.5 Å². The molecular weight excluding hydrogens is 478 g/mol. The quantitative estimate of drug-likeness (QED) is 0.304. The summed E-state index contributed by atoms with van der Waals surface area (Å²) in [5, 5.41) is 3.15. The number of benzene rings is 3. The molecule has 0 unspecified atom stereocenters. The maximum atomic E-state index is 12.0. The average Bonchev–Trinajstić information content (AvgIpc) is 3.14. The first-order chi connectivity index (χ1) is 16.0. The zero-order chi connectivity index (χ0) is 23.2. The van der Waals surface area contributed by atoms with E-state index in [0.717, 1.165) is 11.1 Å². The lowest BCUT2D eigenvalue weighted by Gasteiger charge is -2.14. The summed E-state index contributed by atoms with van der Waals surface area (Å²) in [4.78, 5) is 12.5. The summed E-state index contributed by atoms with van der Waals surface area (Å²) in [6.07, 6.45) is 1.72. The van der Waals surface area contributed by atoms with Crippen molar-refractivity contribution in [2.24, 2.45) is 0 Å². The molecule has 5 nitrogen and oxygen atoms in total. The van der Waals surface area contributed by atoms with E-state index in [9.17, 15) is 4.79 Å². The summed E-state index contributed by atoms with van der Waals surface area (Å²) in [5.74, 6) is 1.65. The number of halogens is 1. The molecule has 1 fully saturated rings. The molecule has 0 saturated carbocycles. The normalized spacial score (nSPS) is 14.3. The Kier molecular flexibility index (Phi) is 7.54. The number of nitrogens with one attached hydrogen (secondary N) is 1. The SMILES string of the molecule is COc1cc(COc2ccc(Cl)cc2C=C2SC(=S)NC2=O)ccc1OCc1ccccc1. The number of hydrogen-bond acceptors (Lipinski definition) is 6. The summed E-state index contributed by atoms with van der Waals surface area (Å²) in [7, 11) is 1.60. The highest BCUT2D eigenvalue weighted by Crippen LogP contribution is 2.33. The number of hydrogen-bond donors (Lipinski definition) is 1. The summed E-state index contributed by atoms with van der Waals surface area (Å²) in [5.41, 5.74) is 2.67. The van der Waals surface area contributed by atoms with Crippen molar-refractivity contribution in [2.75, 3.05) is 7.11 Å². The molecule has 4 rings (SSSR count). The lowest BCUT2D eigenvalue weighted by molar-refractivity contribution is -0.115. The van der Waals surface area contributed by atoms with Gasteiger partial charge in [-0.3, -0.25) is 4.79 Å². The predicted octanol–water partition coefficient (Wildman–Crippen LogP) is 6.00. The van der Waals surface area contributed by atoms with Crippen molar-refractivity contribution >= 4 is 51.9 Å². The van der Waals surface area contributed by atoms with Crippen molar-refractivity contribution in [1.29, 1.82) is 0 Å². The lowest BCUT2D eigenvalue weighted by Crippen LogP contribution is -2.17. The minimum atomic E-state index is -0.230. The van der Waals surface area contributed by atoms with Crippen LogP contribution in [0.15, 0.2) is 71.6 Å². The molecule has 1 saturated heterocycles. The number of amides is 1. The summed E-state index contributed by atoms with van der Waals surface area (Å²) in [6.45, 7) is 0.746. The Bertz CT molecular complexity index is 1210. The second kappa shape index (κ2) is 10.7. The maximum absolute atomic E-state index is 12.0. The lowest BCUT2D eigenvalue weighted by atomic mass is 10.1. The summed E-state index contributed by atoms with van der Waals surface area (Å²) >= 11 is 12.4. The van der Waals surface area contributed by atoms with Crippen LogP contribution in [0.25, 0.3) is 6.08 Å². The number of carbonyl (C=O) groups is 1. The molecular formula is C25H20ClNO4S2. The van der Waals surface area contributed by atoms with Crippen molar-refractivity contribution in [2.45, 2.75) is 13.2 Å². The van der Waals surface area contributed by atoms with Crippen molar-refractivity contribution in [1.82, 2.24) is 5.32 Å². The first-order valence-corrected chi connectivity index (χ1v) is 11.6. The highest BCUT2D eigenvalue weighted by Gasteiger charge is 2.22. The van der Waals surface area contributed by atoms with Crippen molar-refractivity contribution in [3.05, 3.63) is 93.3 Å². The maximum Gasteiger partial charge on any atom is 0.263 e. The van der Waals surface area contributed by atoms with Crippen LogP contribution in [0, 0.1) is 0 Å². The summed E-state index contributed by atoms with van der Waals surface area (Å²) in [6, 6.07) is 20.9. The molecule has 3 aromatic rings. The van der Waals surface area contributed by atoms with Gasteiger partial charge in [0.1, 0.15) is 23.3 Å². The molecule has 1 amide bonds. The van der Waals surface area contributed by atoms with Crippen LogP contribution in [-0.2, 0) is 18.0 Å². The van der Waals surface area contributed by atoms with Crippen LogP contribution in [0.5, 0.6) is 17.2 Å². The fourth-order valence-corrected chi connectivity index (χ4v) is 4.36.